The molecule has 7 nitrogen and oxygen atoms in total. The first-order chi connectivity index (χ1) is 15.2. The molecular formula is C22H26F3N5O2. The summed E-state index contributed by atoms with van der Waals surface area (Å²) in [4.78, 5) is 17.0. The van der Waals surface area contributed by atoms with Crippen molar-refractivity contribution in [3.8, 4) is 0 Å². The zero-order valence-corrected chi connectivity index (χ0v) is 17.4. The molecule has 1 aliphatic rings. The molecule has 1 aromatic heterocycles. The van der Waals surface area contributed by atoms with Crippen molar-refractivity contribution in [3.05, 3.63) is 84.3 Å². The number of pyridine rings is 1. The summed E-state index contributed by atoms with van der Waals surface area (Å²) in [6.45, 7) is 4.77. The molecule has 1 amide bonds. The van der Waals surface area contributed by atoms with Crippen LogP contribution in [0.3, 0.4) is 0 Å². The summed E-state index contributed by atoms with van der Waals surface area (Å²) in [5, 5.41) is 0. The average Bonchev–Trinajstić information content (AvgIpc) is 3.27. The summed E-state index contributed by atoms with van der Waals surface area (Å²) in [7, 11) is 0. The second kappa shape index (κ2) is 11.9. The number of halogens is 3. The minimum absolute atomic E-state index is 0.0869. The zero-order valence-electron chi connectivity index (χ0n) is 17.4. The second-order valence-corrected chi connectivity index (χ2v) is 6.91. The molecule has 1 unspecified atom stereocenters. The Bertz CT molecular complexity index is 902. The number of carbonyl (C=O) groups is 1. The number of nitrogens with one attached hydrogen (secondary N) is 1. The number of rotatable bonds is 6. The summed E-state index contributed by atoms with van der Waals surface area (Å²) in [5.41, 5.74) is 9.36. The van der Waals surface area contributed by atoms with Gasteiger partial charge in [-0.3, -0.25) is 15.6 Å². The van der Waals surface area contributed by atoms with E-state index in [4.69, 9.17) is 16.3 Å². The molecule has 1 saturated heterocycles. The van der Waals surface area contributed by atoms with E-state index in [9.17, 15) is 18.0 Å². The summed E-state index contributed by atoms with van der Waals surface area (Å²) < 4.78 is 42.9. The predicted octanol–water partition coefficient (Wildman–Crippen LogP) is 2.81. The van der Waals surface area contributed by atoms with Crippen LogP contribution in [0.25, 0.3) is 5.70 Å². The van der Waals surface area contributed by atoms with Crippen LogP contribution >= 0.6 is 0 Å². The Labute approximate surface area is 184 Å². The van der Waals surface area contributed by atoms with Gasteiger partial charge in [0.2, 0.25) is 5.91 Å². The van der Waals surface area contributed by atoms with Gasteiger partial charge in [-0.15, -0.1) is 0 Å². The van der Waals surface area contributed by atoms with Crippen molar-refractivity contribution in [2.75, 3.05) is 13.1 Å². The summed E-state index contributed by atoms with van der Waals surface area (Å²) in [6.07, 6.45) is 2.44. The molecule has 1 atom stereocenters. The van der Waals surface area contributed by atoms with Crippen LogP contribution in [-0.4, -0.2) is 35.0 Å². The third-order valence-electron chi connectivity index (χ3n) is 4.63. The second-order valence-electron chi connectivity index (χ2n) is 6.91. The van der Waals surface area contributed by atoms with Crippen molar-refractivity contribution >= 4 is 11.6 Å². The molecule has 0 radical (unpaired) electrons. The van der Waals surface area contributed by atoms with Crippen LogP contribution in [0.2, 0.25) is 0 Å². The highest BCUT2D eigenvalue weighted by molar-refractivity contribution is 5.87. The number of aromatic nitrogens is 1. The van der Waals surface area contributed by atoms with Gasteiger partial charge < -0.3 is 20.8 Å². The van der Waals surface area contributed by atoms with Crippen LogP contribution in [0.5, 0.6) is 0 Å². The van der Waals surface area contributed by atoms with Gasteiger partial charge >= 0.3 is 6.18 Å². The van der Waals surface area contributed by atoms with E-state index in [1.165, 1.54) is 24.4 Å². The molecule has 1 aliphatic heterocycles. The van der Waals surface area contributed by atoms with Gasteiger partial charge in [0.1, 0.15) is 0 Å². The van der Waals surface area contributed by atoms with Gasteiger partial charge in [0, 0.05) is 37.2 Å². The van der Waals surface area contributed by atoms with E-state index >= 15 is 0 Å². The van der Waals surface area contributed by atoms with Crippen LogP contribution < -0.4 is 17.0 Å². The standard InChI is InChI=1S/C15H16F3NO2.C7H10N4/c1-2-14(20)19-8-7-13(9-19)21-10-11-3-5-12(6-4-11)15(16,17)18;8-7(5-11-9)6-2-1-3-10-4-6/h2-6,13H,1,7-10H2;1-5,11H,8-9H2/b;7-5-. The highest BCUT2D eigenvalue weighted by Crippen LogP contribution is 2.29. The van der Waals surface area contributed by atoms with E-state index in [1.54, 1.807) is 17.3 Å². The van der Waals surface area contributed by atoms with E-state index < -0.39 is 11.7 Å². The number of ether oxygens (including phenoxy) is 1. The normalized spacial score (nSPS) is 16.2. The summed E-state index contributed by atoms with van der Waals surface area (Å²) in [6, 6.07) is 8.57. The lowest BCUT2D eigenvalue weighted by Crippen LogP contribution is -2.28. The predicted molar refractivity (Wildman–Crippen MR) is 115 cm³/mol. The number of alkyl halides is 3. The highest BCUT2D eigenvalue weighted by atomic mass is 19.4. The number of amides is 1. The average molecular weight is 449 g/mol. The van der Waals surface area contributed by atoms with E-state index in [0.717, 1.165) is 24.1 Å². The van der Waals surface area contributed by atoms with E-state index in [-0.39, 0.29) is 18.6 Å². The molecule has 2 heterocycles. The molecule has 2 aromatic rings. The minimum atomic E-state index is -4.32. The largest absolute Gasteiger partial charge is 0.416 e. The monoisotopic (exact) mass is 449 g/mol. The molecule has 10 heteroatoms. The molecule has 1 aromatic carbocycles. The molecule has 0 saturated carbocycles. The van der Waals surface area contributed by atoms with Gasteiger partial charge in [0.25, 0.3) is 0 Å². The van der Waals surface area contributed by atoms with Gasteiger partial charge in [-0.25, -0.2) is 0 Å². The first-order valence-electron chi connectivity index (χ1n) is 9.75. The van der Waals surface area contributed by atoms with Crippen LogP contribution in [0, 0.1) is 0 Å². The van der Waals surface area contributed by atoms with Gasteiger partial charge in [-0.1, -0.05) is 18.7 Å². The van der Waals surface area contributed by atoms with Crippen molar-refractivity contribution in [1.29, 1.82) is 0 Å². The first-order valence-corrected chi connectivity index (χ1v) is 9.75. The fourth-order valence-corrected chi connectivity index (χ4v) is 2.90. The van der Waals surface area contributed by atoms with E-state index in [0.29, 0.717) is 24.4 Å². The number of nitrogens with zero attached hydrogens (tertiary/aromatic N) is 2. The Kier molecular flexibility index (Phi) is 9.23. The topological polar surface area (TPSA) is 106 Å². The third kappa shape index (κ3) is 7.71. The van der Waals surface area contributed by atoms with Gasteiger partial charge in [-0.2, -0.15) is 13.2 Å². The number of hydrazine groups is 1. The highest BCUT2D eigenvalue weighted by Gasteiger charge is 2.30. The van der Waals surface area contributed by atoms with Crippen LogP contribution in [-0.2, 0) is 22.3 Å². The lowest BCUT2D eigenvalue weighted by atomic mass is 10.1. The number of hydrogen-bond acceptors (Lipinski definition) is 6. The lowest BCUT2D eigenvalue weighted by Gasteiger charge is -2.15. The van der Waals surface area contributed by atoms with Crippen molar-refractivity contribution in [2.24, 2.45) is 11.6 Å². The SMILES string of the molecule is C=CC(=O)N1CCC(OCc2ccc(C(F)(F)F)cc2)C1.NN/C=C(\N)c1cccnc1. The van der Waals surface area contributed by atoms with Gasteiger partial charge in [-0.05, 0) is 42.3 Å². The molecular weight excluding hydrogens is 423 g/mol. The number of nitrogens with two attached hydrogens (primary N) is 2. The van der Waals surface area contributed by atoms with Gasteiger partial charge in [0.15, 0.2) is 0 Å². The summed E-state index contributed by atoms with van der Waals surface area (Å²) >= 11 is 0. The molecule has 0 aliphatic carbocycles. The molecule has 0 spiro atoms. The number of carbonyl (C=O) groups excluding carboxylic acids is 1. The quantitative estimate of drug-likeness (QED) is 0.356. The third-order valence-corrected chi connectivity index (χ3v) is 4.63. The van der Waals surface area contributed by atoms with E-state index in [2.05, 4.69) is 17.0 Å². The maximum absolute atomic E-state index is 12.4. The maximum atomic E-state index is 12.4. The minimum Gasteiger partial charge on any atom is -0.397 e. The Morgan fingerprint density at radius 2 is 2.03 bits per heavy atom. The Morgan fingerprint density at radius 1 is 1.31 bits per heavy atom. The van der Waals surface area contributed by atoms with E-state index in [1.807, 2.05) is 12.1 Å². The molecule has 172 valence electrons. The van der Waals surface area contributed by atoms with Crippen molar-refractivity contribution in [2.45, 2.75) is 25.3 Å². The molecule has 5 N–H and O–H groups in total. The Hall–Kier alpha value is -3.37. The van der Waals surface area contributed by atoms with Gasteiger partial charge in [0.05, 0.1) is 24.0 Å². The lowest BCUT2D eigenvalue weighted by molar-refractivity contribution is -0.137. The van der Waals surface area contributed by atoms with Crippen molar-refractivity contribution in [1.82, 2.24) is 15.3 Å². The molecule has 32 heavy (non-hydrogen) atoms. The molecule has 3 rings (SSSR count). The zero-order chi connectivity index (χ0) is 23.6. The number of hydrogen-bond donors (Lipinski definition) is 3. The Morgan fingerprint density at radius 3 is 2.59 bits per heavy atom. The smallest absolute Gasteiger partial charge is 0.397 e. The fourth-order valence-electron chi connectivity index (χ4n) is 2.90. The van der Waals surface area contributed by atoms with Crippen molar-refractivity contribution < 1.29 is 22.7 Å². The maximum Gasteiger partial charge on any atom is 0.416 e. The van der Waals surface area contributed by atoms with Crippen molar-refractivity contribution in [3.63, 3.8) is 0 Å². The fraction of sp³-hybridized carbons (Fsp3) is 0.273. The van der Waals surface area contributed by atoms with Crippen LogP contribution in [0.4, 0.5) is 13.2 Å². The van der Waals surface area contributed by atoms with Crippen LogP contribution in [0.15, 0.2) is 67.6 Å². The Balaban J connectivity index is 0.000000278. The molecule has 1 fully saturated rings. The number of likely N-dealkylation sites (tertiary alicyclic amines) is 1. The summed E-state index contributed by atoms with van der Waals surface area (Å²) in [5.74, 6) is 4.91. The molecule has 0 bridgehead atoms. The first kappa shape index (κ1) is 24.9. The van der Waals surface area contributed by atoms with Crippen LogP contribution in [0.1, 0.15) is 23.1 Å². The number of benzene rings is 1.